The molecule has 0 radical (unpaired) electrons. The van der Waals surface area contributed by atoms with Crippen LogP contribution in [0.5, 0.6) is 5.75 Å². The Labute approximate surface area is 164 Å². The number of hydrogen-bond donors (Lipinski definition) is 2. The molecule has 1 unspecified atom stereocenters. The smallest absolute Gasteiger partial charge is 0.265 e. The lowest BCUT2D eigenvalue weighted by Gasteiger charge is -2.17. The van der Waals surface area contributed by atoms with Crippen LogP contribution in [0.2, 0.25) is 0 Å². The van der Waals surface area contributed by atoms with E-state index in [0.717, 1.165) is 0 Å². The molecule has 2 N–H and O–H groups in total. The SMILES string of the molecule is CCC(Oc1ccccc1)C(=O)Nc1ccc(NC(=O)c2ccccc2)cc1. The molecule has 3 aromatic carbocycles. The van der Waals surface area contributed by atoms with E-state index in [4.69, 9.17) is 4.74 Å². The van der Waals surface area contributed by atoms with E-state index in [1.807, 2.05) is 55.5 Å². The number of rotatable bonds is 7. The van der Waals surface area contributed by atoms with E-state index in [-0.39, 0.29) is 11.8 Å². The lowest BCUT2D eigenvalue weighted by molar-refractivity contribution is -0.122. The highest BCUT2D eigenvalue weighted by Gasteiger charge is 2.18. The summed E-state index contributed by atoms with van der Waals surface area (Å²) in [6, 6.07) is 25.2. The van der Waals surface area contributed by atoms with E-state index in [1.54, 1.807) is 36.4 Å². The molecule has 0 heterocycles. The molecular formula is C23H22N2O3. The number of anilines is 2. The Morgan fingerprint density at radius 1 is 0.786 bits per heavy atom. The van der Waals surface area contributed by atoms with Gasteiger partial charge in [0.15, 0.2) is 6.10 Å². The first kappa shape index (κ1) is 19.2. The number of carbonyl (C=O) groups is 2. The Morgan fingerprint density at radius 2 is 1.32 bits per heavy atom. The molecule has 28 heavy (non-hydrogen) atoms. The van der Waals surface area contributed by atoms with E-state index in [2.05, 4.69) is 10.6 Å². The summed E-state index contributed by atoms with van der Waals surface area (Å²) in [7, 11) is 0. The maximum absolute atomic E-state index is 12.5. The van der Waals surface area contributed by atoms with Crippen LogP contribution in [0.25, 0.3) is 0 Å². The van der Waals surface area contributed by atoms with Gasteiger partial charge in [0.2, 0.25) is 0 Å². The van der Waals surface area contributed by atoms with Gasteiger partial charge in [-0.3, -0.25) is 9.59 Å². The highest BCUT2D eigenvalue weighted by molar-refractivity contribution is 6.04. The van der Waals surface area contributed by atoms with Crippen LogP contribution in [0, 0.1) is 0 Å². The summed E-state index contributed by atoms with van der Waals surface area (Å²) in [6.45, 7) is 1.90. The normalized spacial score (nSPS) is 11.3. The fraction of sp³-hybridized carbons (Fsp3) is 0.130. The monoisotopic (exact) mass is 374 g/mol. The van der Waals surface area contributed by atoms with Crippen LogP contribution in [0.15, 0.2) is 84.9 Å². The van der Waals surface area contributed by atoms with Gasteiger partial charge in [-0.2, -0.15) is 0 Å². The third-order valence-electron chi connectivity index (χ3n) is 4.13. The maximum Gasteiger partial charge on any atom is 0.265 e. The first-order chi connectivity index (χ1) is 13.7. The molecule has 142 valence electrons. The Balaban J connectivity index is 1.58. The lowest BCUT2D eigenvalue weighted by atomic mass is 10.2. The predicted octanol–water partition coefficient (Wildman–Crippen LogP) is 4.74. The van der Waals surface area contributed by atoms with Crippen molar-refractivity contribution in [1.29, 1.82) is 0 Å². The van der Waals surface area contributed by atoms with Gasteiger partial charge in [-0.25, -0.2) is 0 Å². The quantitative estimate of drug-likeness (QED) is 0.628. The molecule has 3 rings (SSSR count). The van der Waals surface area contributed by atoms with Crippen molar-refractivity contribution < 1.29 is 14.3 Å². The van der Waals surface area contributed by atoms with Crippen LogP contribution in [-0.4, -0.2) is 17.9 Å². The minimum absolute atomic E-state index is 0.181. The summed E-state index contributed by atoms with van der Waals surface area (Å²) in [4.78, 5) is 24.7. The minimum Gasteiger partial charge on any atom is -0.481 e. The topological polar surface area (TPSA) is 67.4 Å². The molecule has 1 atom stereocenters. The molecule has 0 fully saturated rings. The highest BCUT2D eigenvalue weighted by atomic mass is 16.5. The number of carbonyl (C=O) groups excluding carboxylic acids is 2. The average Bonchev–Trinajstić information content (AvgIpc) is 2.74. The van der Waals surface area contributed by atoms with Crippen LogP contribution in [0.1, 0.15) is 23.7 Å². The van der Waals surface area contributed by atoms with E-state index < -0.39 is 6.10 Å². The molecule has 5 heteroatoms. The molecular weight excluding hydrogens is 352 g/mol. The minimum atomic E-state index is -0.583. The molecule has 5 nitrogen and oxygen atoms in total. The van der Waals surface area contributed by atoms with Crippen LogP contribution >= 0.6 is 0 Å². The second kappa shape index (κ2) is 9.37. The standard InChI is InChI=1S/C23H22N2O3/c1-2-21(28-20-11-7-4-8-12-20)23(27)25-19-15-13-18(14-16-19)24-22(26)17-9-5-3-6-10-17/h3-16,21H,2H2,1H3,(H,24,26)(H,25,27). The van der Waals surface area contributed by atoms with Gasteiger partial charge in [-0.05, 0) is 55.0 Å². The summed E-state index contributed by atoms with van der Waals surface area (Å²) < 4.78 is 5.75. The molecule has 2 amide bonds. The Bertz CT molecular complexity index is 910. The highest BCUT2D eigenvalue weighted by Crippen LogP contribution is 2.17. The van der Waals surface area contributed by atoms with Crippen LogP contribution in [0.3, 0.4) is 0 Å². The van der Waals surface area contributed by atoms with Crippen LogP contribution < -0.4 is 15.4 Å². The fourth-order valence-electron chi connectivity index (χ4n) is 2.64. The number of ether oxygens (including phenoxy) is 1. The van der Waals surface area contributed by atoms with E-state index >= 15 is 0 Å². The van der Waals surface area contributed by atoms with Gasteiger partial charge in [0, 0.05) is 16.9 Å². The van der Waals surface area contributed by atoms with Crippen molar-refractivity contribution in [2.24, 2.45) is 0 Å². The summed E-state index contributed by atoms with van der Waals surface area (Å²) >= 11 is 0. The van der Waals surface area contributed by atoms with Gasteiger partial charge in [0.25, 0.3) is 11.8 Å². The molecule has 0 aliphatic heterocycles. The zero-order chi connectivity index (χ0) is 19.8. The van der Waals surface area contributed by atoms with Crippen molar-refractivity contribution in [2.75, 3.05) is 10.6 Å². The molecule has 0 aliphatic rings. The van der Waals surface area contributed by atoms with Crippen molar-refractivity contribution >= 4 is 23.2 Å². The summed E-state index contributed by atoms with van der Waals surface area (Å²) in [5.74, 6) is 0.260. The molecule has 0 saturated carbocycles. The third kappa shape index (κ3) is 5.20. The fourth-order valence-corrected chi connectivity index (χ4v) is 2.64. The first-order valence-corrected chi connectivity index (χ1v) is 9.14. The number of benzene rings is 3. The Morgan fingerprint density at radius 3 is 1.89 bits per heavy atom. The Kier molecular flexibility index (Phi) is 6.41. The van der Waals surface area contributed by atoms with Crippen LogP contribution in [-0.2, 0) is 4.79 Å². The molecule has 0 aromatic heterocycles. The van der Waals surface area contributed by atoms with Gasteiger partial charge < -0.3 is 15.4 Å². The first-order valence-electron chi connectivity index (χ1n) is 9.14. The molecule has 0 aliphatic carbocycles. The lowest BCUT2D eigenvalue weighted by Crippen LogP contribution is -2.32. The predicted molar refractivity (Wildman–Crippen MR) is 111 cm³/mol. The summed E-state index contributed by atoms with van der Waals surface area (Å²) in [5, 5.41) is 5.68. The average molecular weight is 374 g/mol. The molecule has 0 saturated heterocycles. The van der Waals surface area contributed by atoms with Crippen LogP contribution in [0.4, 0.5) is 11.4 Å². The van der Waals surface area contributed by atoms with Crippen molar-refractivity contribution in [1.82, 2.24) is 0 Å². The molecule has 0 spiro atoms. The van der Waals surface area contributed by atoms with Crippen molar-refractivity contribution in [2.45, 2.75) is 19.4 Å². The maximum atomic E-state index is 12.5. The number of amides is 2. The zero-order valence-electron chi connectivity index (χ0n) is 15.6. The number of para-hydroxylation sites is 1. The van der Waals surface area contributed by atoms with Crippen molar-refractivity contribution in [3.05, 3.63) is 90.5 Å². The largest absolute Gasteiger partial charge is 0.481 e. The molecule has 3 aromatic rings. The Hall–Kier alpha value is -3.60. The number of hydrogen-bond acceptors (Lipinski definition) is 3. The van der Waals surface area contributed by atoms with Crippen molar-refractivity contribution in [3.8, 4) is 5.75 Å². The summed E-state index contributed by atoms with van der Waals surface area (Å²) in [5.41, 5.74) is 1.88. The third-order valence-corrected chi connectivity index (χ3v) is 4.13. The number of nitrogens with one attached hydrogen (secondary N) is 2. The zero-order valence-corrected chi connectivity index (χ0v) is 15.6. The van der Waals surface area contributed by atoms with E-state index in [1.165, 1.54) is 0 Å². The molecule has 0 bridgehead atoms. The van der Waals surface area contributed by atoms with Gasteiger partial charge in [0.1, 0.15) is 5.75 Å². The second-order valence-electron chi connectivity index (χ2n) is 6.21. The van der Waals surface area contributed by atoms with Gasteiger partial charge >= 0.3 is 0 Å². The van der Waals surface area contributed by atoms with E-state index in [0.29, 0.717) is 29.1 Å². The van der Waals surface area contributed by atoms with Gasteiger partial charge in [-0.15, -0.1) is 0 Å². The second-order valence-corrected chi connectivity index (χ2v) is 6.21. The van der Waals surface area contributed by atoms with Gasteiger partial charge in [-0.1, -0.05) is 43.3 Å². The van der Waals surface area contributed by atoms with Crippen molar-refractivity contribution in [3.63, 3.8) is 0 Å². The van der Waals surface area contributed by atoms with Gasteiger partial charge in [0.05, 0.1) is 0 Å². The van der Waals surface area contributed by atoms with E-state index in [9.17, 15) is 9.59 Å². The summed E-state index contributed by atoms with van der Waals surface area (Å²) in [6.07, 6.45) is -0.0359.